The Labute approximate surface area is 148 Å². The zero-order valence-electron chi connectivity index (χ0n) is 12.7. The van der Waals surface area contributed by atoms with Gasteiger partial charge in [0.25, 0.3) is 0 Å². The third-order valence-corrected chi connectivity index (χ3v) is 5.23. The molecule has 2 aromatic heterocycles. The van der Waals surface area contributed by atoms with Crippen molar-refractivity contribution in [2.75, 3.05) is 0 Å². The van der Waals surface area contributed by atoms with Crippen molar-refractivity contribution in [1.82, 2.24) is 19.7 Å². The number of rotatable bonds is 5. The maximum Gasteiger partial charge on any atom is 0.192 e. The molecule has 1 aliphatic carbocycles. The Morgan fingerprint density at radius 3 is 2.67 bits per heavy atom. The molecule has 0 bridgehead atoms. The predicted molar refractivity (Wildman–Crippen MR) is 92.5 cm³/mol. The van der Waals surface area contributed by atoms with Gasteiger partial charge in [0.2, 0.25) is 0 Å². The Balaban J connectivity index is 1.61. The fourth-order valence-electron chi connectivity index (χ4n) is 2.52. The lowest BCUT2D eigenvalue weighted by atomic mass is 10.2. The van der Waals surface area contributed by atoms with Gasteiger partial charge in [0.05, 0.1) is 0 Å². The average molecular weight is 361 g/mol. The summed E-state index contributed by atoms with van der Waals surface area (Å²) in [4.78, 5) is 4.05. The zero-order valence-corrected chi connectivity index (χ0v) is 14.3. The fourth-order valence-corrected chi connectivity index (χ4v) is 3.84. The van der Waals surface area contributed by atoms with Crippen LogP contribution in [0.3, 0.4) is 0 Å². The van der Waals surface area contributed by atoms with E-state index in [0.717, 1.165) is 34.9 Å². The molecule has 1 fully saturated rings. The van der Waals surface area contributed by atoms with Crippen LogP contribution in [0.15, 0.2) is 47.9 Å². The van der Waals surface area contributed by atoms with Crippen LogP contribution in [-0.4, -0.2) is 19.7 Å². The average Bonchev–Trinajstić information content (AvgIpc) is 3.34. The molecule has 0 unspecified atom stereocenters. The summed E-state index contributed by atoms with van der Waals surface area (Å²) in [6.45, 7) is 0. The van der Waals surface area contributed by atoms with Gasteiger partial charge >= 0.3 is 0 Å². The second kappa shape index (κ2) is 6.53. The van der Waals surface area contributed by atoms with E-state index in [1.807, 2.05) is 12.1 Å². The molecule has 0 N–H and O–H groups in total. The second-order valence-corrected chi connectivity index (χ2v) is 7.02. The van der Waals surface area contributed by atoms with Crippen LogP contribution in [0.2, 0.25) is 5.02 Å². The van der Waals surface area contributed by atoms with Gasteiger partial charge in [-0.2, -0.15) is 0 Å². The first-order chi connectivity index (χ1) is 11.7. The van der Waals surface area contributed by atoms with Gasteiger partial charge < -0.3 is 0 Å². The van der Waals surface area contributed by atoms with E-state index in [0.29, 0.717) is 16.8 Å². The lowest BCUT2D eigenvalue weighted by molar-refractivity contribution is 0.627. The minimum absolute atomic E-state index is 0.324. The molecule has 4 nitrogen and oxygen atoms in total. The summed E-state index contributed by atoms with van der Waals surface area (Å²) >= 11 is 7.68. The number of thioether (sulfide) groups is 1. The molecule has 0 saturated heterocycles. The van der Waals surface area contributed by atoms with Crippen LogP contribution in [0.5, 0.6) is 0 Å². The molecule has 122 valence electrons. The molecule has 1 saturated carbocycles. The smallest absolute Gasteiger partial charge is 0.192 e. The SMILES string of the molecule is Fc1ccc(CSc2nnc(-c3ccncc3)n2C2CC2)c(Cl)c1. The van der Waals surface area contributed by atoms with Crippen LogP contribution in [0.4, 0.5) is 4.39 Å². The van der Waals surface area contributed by atoms with Gasteiger partial charge in [-0.25, -0.2) is 4.39 Å². The topological polar surface area (TPSA) is 43.6 Å². The number of aromatic nitrogens is 4. The standard InChI is InChI=1S/C17H14ClFN4S/c18-15-9-13(19)2-1-12(15)10-24-17-22-21-16(23(17)14-3-4-14)11-5-7-20-8-6-11/h1-2,5-9,14H,3-4,10H2. The van der Waals surface area contributed by atoms with E-state index in [4.69, 9.17) is 11.6 Å². The van der Waals surface area contributed by atoms with Crippen molar-refractivity contribution in [1.29, 1.82) is 0 Å². The second-order valence-electron chi connectivity index (χ2n) is 5.67. The molecule has 0 aliphatic heterocycles. The van der Waals surface area contributed by atoms with Crippen LogP contribution in [0.25, 0.3) is 11.4 Å². The highest BCUT2D eigenvalue weighted by molar-refractivity contribution is 7.98. The fraction of sp³-hybridized carbons (Fsp3) is 0.235. The highest BCUT2D eigenvalue weighted by atomic mass is 35.5. The maximum absolute atomic E-state index is 13.2. The third kappa shape index (κ3) is 3.16. The molecular formula is C17H14ClFN4S. The highest BCUT2D eigenvalue weighted by Gasteiger charge is 2.30. The summed E-state index contributed by atoms with van der Waals surface area (Å²) in [5, 5.41) is 10.0. The van der Waals surface area contributed by atoms with Crippen molar-refractivity contribution in [3.63, 3.8) is 0 Å². The van der Waals surface area contributed by atoms with E-state index >= 15 is 0 Å². The zero-order chi connectivity index (χ0) is 16.5. The molecule has 1 aliphatic rings. The quantitative estimate of drug-likeness (QED) is 0.615. The van der Waals surface area contributed by atoms with Crippen molar-refractivity contribution < 1.29 is 4.39 Å². The van der Waals surface area contributed by atoms with Crippen LogP contribution in [-0.2, 0) is 5.75 Å². The molecule has 0 spiro atoms. The maximum atomic E-state index is 13.2. The first-order valence-corrected chi connectivity index (χ1v) is 9.01. The lowest BCUT2D eigenvalue weighted by Gasteiger charge is -2.09. The summed E-state index contributed by atoms with van der Waals surface area (Å²) in [6, 6.07) is 8.81. The van der Waals surface area contributed by atoms with Gasteiger partial charge in [0.15, 0.2) is 11.0 Å². The van der Waals surface area contributed by atoms with Crippen molar-refractivity contribution in [2.45, 2.75) is 29.8 Å². The Morgan fingerprint density at radius 2 is 1.96 bits per heavy atom. The van der Waals surface area contributed by atoms with Gasteiger partial charge in [0.1, 0.15) is 5.82 Å². The Hall–Kier alpha value is -1.92. The van der Waals surface area contributed by atoms with Crippen molar-refractivity contribution in [2.24, 2.45) is 0 Å². The van der Waals surface area contributed by atoms with Gasteiger partial charge in [0, 0.05) is 34.8 Å². The summed E-state index contributed by atoms with van der Waals surface area (Å²) in [6.07, 6.45) is 5.79. The van der Waals surface area contributed by atoms with Gasteiger partial charge in [-0.3, -0.25) is 9.55 Å². The number of hydrogen-bond donors (Lipinski definition) is 0. The lowest BCUT2D eigenvalue weighted by Crippen LogP contribution is -2.00. The number of nitrogens with zero attached hydrogens (tertiary/aromatic N) is 4. The number of hydrogen-bond acceptors (Lipinski definition) is 4. The van der Waals surface area contributed by atoms with Crippen LogP contribution in [0.1, 0.15) is 24.4 Å². The Kier molecular flexibility index (Phi) is 4.24. The molecule has 1 aromatic carbocycles. The molecule has 4 rings (SSSR count). The Bertz CT molecular complexity index is 864. The van der Waals surface area contributed by atoms with Crippen LogP contribution in [0, 0.1) is 5.82 Å². The van der Waals surface area contributed by atoms with Crippen LogP contribution >= 0.6 is 23.4 Å². The van der Waals surface area contributed by atoms with Crippen LogP contribution < -0.4 is 0 Å². The summed E-state index contributed by atoms with van der Waals surface area (Å²) in [5.41, 5.74) is 1.90. The van der Waals surface area contributed by atoms with E-state index in [-0.39, 0.29) is 5.82 Å². The van der Waals surface area contributed by atoms with Gasteiger partial charge in [-0.1, -0.05) is 29.4 Å². The number of halogens is 2. The van der Waals surface area contributed by atoms with E-state index < -0.39 is 0 Å². The van der Waals surface area contributed by atoms with E-state index in [2.05, 4.69) is 19.7 Å². The third-order valence-electron chi connectivity index (χ3n) is 3.89. The molecule has 0 atom stereocenters. The normalized spacial score (nSPS) is 14.1. The molecule has 3 aromatic rings. The highest BCUT2D eigenvalue weighted by Crippen LogP contribution is 2.41. The summed E-state index contributed by atoms with van der Waals surface area (Å²) < 4.78 is 15.3. The largest absolute Gasteiger partial charge is 0.299 e. The van der Waals surface area contributed by atoms with E-state index in [1.165, 1.54) is 12.1 Å². The molecule has 0 radical (unpaired) electrons. The summed E-state index contributed by atoms with van der Waals surface area (Å²) in [7, 11) is 0. The minimum atomic E-state index is -0.324. The van der Waals surface area contributed by atoms with Crippen molar-refractivity contribution >= 4 is 23.4 Å². The van der Waals surface area contributed by atoms with Gasteiger partial charge in [-0.05, 0) is 42.7 Å². The first-order valence-electron chi connectivity index (χ1n) is 7.64. The molecule has 24 heavy (non-hydrogen) atoms. The van der Waals surface area contributed by atoms with Gasteiger partial charge in [-0.15, -0.1) is 10.2 Å². The van der Waals surface area contributed by atoms with Crippen molar-refractivity contribution in [3.8, 4) is 11.4 Å². The van der Waals surface area contributed by atoms with E-state index in [1.54, 1.807) is 30.2 Å². The molecule has 7 heteroatoms. The van der Waals surface area contributed by atoms with Crippen molar-refractivity contribution in [3.05, 3.63) is 59.1 Å². The minimum Gasteiger partial charge on any atom is -0.299 e. The molecule has 2 heterocycles. The first kappa shape index (κ1) is 15.6. The Morgan fingerprint density at radius 1 is 1.17 bits per heavy atom. The monoisotopic (exact) mass is 360 g/mol. The number of pyridine rings is 1. The summed E-state index contributed by atoms with van der Waals surface area (Å²) in [5.74, 6) is 1.17. The number of benzene rings is 1. The van der Waals surface area contributed by atoms with E-state index in [9.17, 15) is 4.39 Å². The predicted octanol–water partition coefficient (Wildman–Crippen LogP) is 4.76. The molecular weight excluding hydrogens is 347 g/mol. The molecule has 0 amide bonds.